The van der Waals surface area contributed by atoms with Crippen LogP contribution in [0.1, 0.15) is 25.5 Å². The molecule has 1 fully saturated rings. The lowest BCUT2D eigenvalue weighted by Gasteiger charge is -2.31. The van der Waals surface area contributed by atoms with Gasteiger partial charge < -0.3 is 15.0 Å². The van der Waals surface area contributed by atoms with Crippen molar-refractivity contribution >= 4 is 28.7 Å². The zero-order chi connectivity index (χ0) is 18.0. The molecule has 0 bridgehead atoms. The summed E-state index contributed by atoms with van der Waals surface area (Å²) in [6.07, 6.45) is 3.16. The minimum Gasteiger partial charge on any atom is -0.466 e. The topological polar surface area (TPSA) is 89.3 Å². The van der Waals surface area contributed by atoms with E-state index in [1.165, 1.54) is 0 Å². The summed E-state index contributed by atoms with van der Waals surface area (Å²) in [6, 6.07) is 1.65. The smallest absolute Gasteiger partial charge is 0.321 e. The minimum absolute atomic E-state index is 0.225. The number of esters is 1. The highest BCUT2D eigenvalue weighted by Crippen LogP contribution is 2.21. The van der Waals surface area contributed by atoms with Crippen molar-refractivity contribution < 1.29 is 14.3 Å². The lowest BCUT2D eigenvalue weighted by Crippen LogP contribution is -2.44. The Bertz CT molecular complexity index is 801. The molecule has 0 saturated carbocycles. The number of fused-ring (bicyclic) bond motifs is 1. The number of carbonyl (C=O) groups excluding carboxylic acids is 2. The highest BCUT2D eigenvalue weighted by atomic mass is 16.5. The van der Waals surface area contributed by atoms with Crippen molar-refractivity contribution in [3.63, 3.8) is 0 Å². The fourth-order valence-electron chi connectivity index (χ4n) is 3.19. The lowest BCUT2D eigenvalue weighted by molar-refractivity contribution is -0.149. The van der Waals surface area contributed by atoms with Gasteiger partial charge in [0.2, 0.25) is 0 Å². The monoisotopic (exact) mass is 345 g/mol. The third kappa shape index (κ3) is 3.57. The van der Waals surface area contributed by atoms with E-state index in [2.05, 4.69) is 15.4 Å². The highest BCUT2D eigenvalue weighted by molar-refractivity contribution is 5.92. The molecule has 0 aliphatic carbocycles. The van der Waals surface area contributed by atoms with Crippen LogP contribution in [0.25, 0.3) is 11.0 Å². The average molecular weight is 345 g/mol. The number of hydrogen-bond acceptors (Lipinski definition) is 5. The predicted molar refractivity (Wildman–Crippen MR) is 93.2 cm³/mol. The number of piperidine rings is 1. The van der Waals surface area contributed by atoms with E-state index in [9.17, 15) is 9.59 Å². The fraction of sp³-hybridized carbons (Fsp3) is 0.529. The molecule has 134 valence electrons. The van der Waals surface area contributed by atoms with Gasteiger partial charge in [0.25, 0.3) is 0 Å². The van der Waals surface area contributed by atoms with Crippen molar-refractivity contribution in [2.75, 3.05) is 25.0 Å². The molecule has 8 nitrogen and oxygen atoms in total. The van der Waals surface area contributed by atoms with Crippen molar-refractivity contribution in [1.29, 1.82) is 0 Å². The number of amides is 2. The molecule has 2 aromatic heterocycles. The Morgan fingerprint density at radius 1 is 1.44 bits per heavy atom. The Kier molecular flexibility index (Phi) is 4.87. The van der Waals surface area contributed by atoms with Crippen LogP contribution in [-0.4, -0.2) is 51.4 Å². The molecule has 2 amide bonds. The lowest BCUT2D eigenvalue weighted by atomic mass is 9.98. The second-order valence-electron chi connectivity index (χ2n) is 6.27. The second kappa shape index (κ2) is 7.08. The van der Waals surface area contributed by atoms with E-state index in [4.69, 9.17) is 4.74 Å². The van der Waals surface area contributed by atoms with Gasteiger partial charge >= 0.3 is 12.0 Å². The largest absolute Gasteiger partial charge is 0.466 e. The summed E-state index contributed by atoms with van der Waals surface area (Å²) in [4.78, 5) is 30.5. The number of anilines is 1. The molecule has 0 unspecified atom stereocenters. The van der Waals surface area contributed by atoms with Crippen LogP contribution in [0, 0.1) is 12.8 Å². The number of pyridine rings is 1. The van der Waals surface area contributed by atoms with Gasteiger partial charge in [0.15, 0.2) is 5.65 Å². The molecule has 1 atom stereocenters. The van der Waals surface area contributed by atoms with Crippen molar-refractivity contribution in [3.05, 3.63) is 18.0 Å². The summed E-state index contributed by atoms with van der Waals surface area (Å²) < 4.78 is 6.79. The van der Waals surface area contributed by atoms with E-state index in [-0.39, 0.29) is 17.9 Å². The van der Waals surface area contributed by atoms with Gasteiger partial charge in [-0.2, -0.15) is 5.10 Å². The third-order valence-electron chi connectivity index (χ3n) is 4.44. The quantitative estimate of drug-likeness (QED) is 0.860. The predicted octanol–water partition coefficient (Wildman–Crippen LogP) is 2.08. The maximum absolute atomic E-state index is 12.5. The minimum atomic E-state index is -0.249. The summed E-state index contributed by atoms with van der Waals surface area (Å²) in [5.74, 6) is -0.477. The molecular formula is C17H23N5O3. The molecule has 25 heavy (non-hydrogen) atoms. The van der Waals surface area contributed by atoms with E-state index in [1.807, 2.05) is 20.0 Å². The van der Waals surface area contributed by atoms with Gasteiger partial charge in [-0.05, 0) is 32.8 Å². The SMILES string of the molecule is CCOC(=O)[C@@H]1CCCN(C(=O)Nc2cnc3c(c2)c(C)nn3C)C1. The molecule has 8 heteroatoms. The van der Waals surface area contributed by atoms with Crippen molar-refractivity contribution in [3.8, 4) is 0 Å². The van der Waals surface area contributed by atoms with E-state index in [0.717, 1.165) is 29.6 Å². The first-order chi connectivity index (χ1) is 12.0. The average Bonchev–Trinajstić information content (AvgIpc) is 2.89. The molecule has 1 N–H and O–H groups in total. The standard InChI is InChI=1S/C17H23N5O3/c1-4-25-16(23)12-6-5-7-22(10-12)17(24)19-13-8-14-11(2)20-21(3)15(14)18-9-13/h8-9,12H,4-7,10H2,1-3H3,(H,19,24)/t12-/m1/s1. The Hall–Kier alpha value is -2.64. The van der Waals surface area contributed by atoms with E-state index in [0.29, 0.717) is 25.4 Å². The van der Waals surface area contributed by atoms with Gasteiger partial charge in [-0.3, -0.25) is 9.48 Å². The Labute approximate surface area is 146 Å². The molecule has 1 aliphatic rings. The Morgan fingerprint density at radius 3 is 3.00 bits per heavy atom. The molecule has 3 rings (SSSR count). The van der Waals surface area contributed by atoms with Crippen LogP contribution in [0.4, 0.5) is 10.5 Å². The van der Waals surface area contributed by atoms with Gasteiger partial charge in [0.1, 0.15) is 0 Å². The molecule has 2 aromatic rings. The number of ether oxygens (including phenoxy) is 1. The van der Waals surface area contributed by atoms with Crippen LogP contribution >= 0.6 is 0 Å². The molecule has 3 heterocycles. The van der Waals surface area contributed by atoms with Crippen molar-refractivity contribution in [1.82, 2.24) is 19.7 Å². The molecule has 0 aromatic carbocycles. The molecule has 1 aliphatic heterocycles. The number of likely N-dealkylation sites (tertiary alicyclic amines) is 1. The maximum atomic E-state index is 12.5. The summed E-state index contributed by atoms with van der Waals surface area (Å²) >= 11 is 0. The van der Waals surface area contributed by atoms with Crippen LogP contribution in [0.2, 0.25) is 0 Å². The number of hydrogen-bond donors (Lipinski definition) is 1. The van der Waals surface area contributed by atoms with Crippen LogP contribution in [-0.2, 0) is 16.6 Å². The highest BCUT2D eigenvalue weighted by Gasteiger charge is 2.29. The van der Waals surface area contributed by atoms with E-state index < -0.39 is 0 Å². The summed E-state index contributed by atoms with van der Waals surface area (Å²) in [5, 5.41) is 8.10. The van der Waals surface area contributed by atoms with Crippen molar-refractivity contribution in [2.45, 2.75) is 26.7 Å². The van der Waals surface area contributed by atoms with Crippen LogP contribution in [0.15, 0.2) is 12.3 Å². The first kappa shape index (κ1) is 17.2. The molecule has 0 spiro atoms. The normalized spacial score (nSPS) is 17.6. The third-order valence-corrected chi connectivity index (χ3v) is 4.44. The first-order valence-corrected chi connectivity index (χ1v) is 8.51. The van der Waals surface area contributed by atoms with Crippen LogP contribution in [0.3, 0.4) is 0 Å². The van der Waals surface area contributed by atoms with Crippen LogP contribution in [0.5, 0.6) is 0 Å². The number of rotatable bonds is 3. The van der Waals surface area contributed by atoms with Crippen molar-refractivity contribution in [2.24, 2.45) is 13.0 Å². The maximum Gasteiger partial charge on any atom is 0.321 e. The summed E-state index contributed by atoms with van der Waals surface area (Å²) in [6.45, 7) is 5.06. The number of nitrogens with zero attached hydrogens (tertiary/aromatic N) is 4. The molecular weight excluding hydrogens is 322 g/mol. The van der Waals surface area contributed by atoms with Gasteiger partial charge in [-0.15, -0.1) is 0 Å². The van der Waals surface area contributed by atoms with Gasteiger partial charge in [0.05, 0.1) is 30.1 Å². The Balaban J connectivity index is 1.69. The van der Waals surface area contributed by atoms with Crippen LogP contribution < -0.4 is 5.32 Å². The number of nitrogens with one attached hydrogen (secondary N) is 1. The number of aryl methyl sites for hydroxylation is 2. The van der Waals surface area contributed by atoms with E-state index in [1.54, 1.807) is 22.7 Å². The number of carbonyl (C=O) groups is 2. The van der Waals surface area contributed by atoms with Gasteiger partial charge in [0, 0.05) is 25.5 Å². The summed E-state index contributed by atoms with van der Waals surface area (Å²) in [5.41, 5.74) is 2.25. The Morgan fingerprint density at radius 2 is 2.24 bits per heavy atom. The molecule has 1 saturated heterocycles. The van der Waals surface area contributed by atoms with Gasteiger partial charge in [-0.1, -0.05) is 0 Å². The van der Waals surface area contributed by atoms with E-state index >= 15 is 0 Å². The fourth-order valence-corrected chi connectivity index (χ4v) is 3.19. The zero-order valence-electron chi connectivity index (χ0n) is 14.8. The first-order valence-electron chi connectivity index (χ1n) is 8.51. The number of aromatic nitrogens is 3. The number of urea groups is 1. The zero-order valence-corrected chi connectivity index (χ0v) is 14.8. The second-order valence-corrected chi connectivity index (χ2v) is 6.27. The van der Waals surface area contributed by atoms with Gasteiger partial charge in [-0.25, -0.2) is 9.78 Å². The summed E-state index contributed by atoms with van der Waals surface area (Å²) in [7, 11) is 1.84. The molecule has 0 radical (unpaired) electrons.